The van der Waals surface area contributed by atoms with Crippen molar-refractivity contribution >= 4 is 11.9 Å². The first kappa shape index (κ1) is 19.7. The van der Waals surface area contributed by atoms with Crippen molar-refractivity contribution in [1.29, 1.82) is 0 Å². The molecule has 2 aliphatic rings. The molecule has 27 heavy (non-hydrogen) atoms. The number of hydrogen-bond donors (Lipinski definition) is 1. The van der Waals surface area contributed by atoms with E-state index < -0.39 is 0 Å². The Labute approximate surface area is 161 Å². The summed E-state index contributed by atoms with van der Waals surface area (Å²) in [5.41, 5.74) is 0. The monoisotopic (exact) mass is 376 g/mol. The zero-order chi connectivity index (χ0) is 19.1. The van der Waals surface area contributed by atoms with E-state index in [0.717, 1.165) is 76.7 Å². The van der Waals surface area contributed by atoms with Crippen molar-refractivity contribution in [2.24, 2.45) is 4.99 Å². The molecule has 0 saturated carbocycles. The average molecular weight is 377 g/mol. The van der Waals surface area contributed by atoms with Crippen LogP contribution in [0.5, 0.6) is 0 Å². The smallest absolute Gasteiger partial charge is 0.251 e. The van der Waals surface area contributed by atoms with E-state index in [0.29, 0.717) is 6.61 Å². The van der Waals surface area contributed by atoms with E-state index in [1.807, 2.05) is 31.3 Å². The van der Waals surface area contributed by atoms with Crippen molar-refractivity contribution < 1.29 is 9.53 Å². The van der Waals surface area contributed by atoms with Crippen LogP contribution in [0.3, 0.4) is 0 Å². The average Bonchev–Trinajstić information content (AvgIpc) is 3.36. The molecular formula is C19H32N6O2. The van der Waals surface area contributed by atoms with Crippen molar-refractivity contribution in [3.05, 3.63) is 18.2 Å². The normalized spacial score (nSPS) is 21.0. The molecule has 0 spiro atoms. The number of aromatic nitrogens is 2. The molecule has 2 fully saturated rings. The van der Waals surface area contributed by atoms with Crippen molar-refractivity contribution in [3.8, 4) is 0 Å². The van der Waals surface area contributed by atoms with Crippen LogP contribution in [0.15, 0.2) is 17.4 Å². The van der Waals surface area contributed by atoms with Crippen molar-refractivity contribution in [3.63, 3.8) is 0 Å². The third-order valence-electron chi connectivity index (χ3n) is 5.34. The van der Waals surface area contributed by atoms with Gasteiger partial charge in [0.05, 0.1) is 0 Å². The number of carbonyl (C=O) groups excluding carboxylic acids is 1. The van der Waals surface area contributed by atoms with Crippen LogP contribution >= 0.6 is 0 Å². The zero-order valence-electron chi connectivity index (χ0n) is 16.6. The van der Waals surface area contributed by atoms with Crippen LogP contribution in [0.1, 0.15) is 31.5 Å². The van der Waals surface area contributed by atoms with Crippen LogP contribution in [0.4, 0.5) is 0 Å². The number of rotatable bonds is 6. The van der Waals surface area contributed by atoms with Crippen LogP contribution in [0.2, 0.25) is 0 Å². The van der Waals surface area contributed by atoms with Gasteiger partial charge in [-0.25, -0.2) is 4.98 Å². The standard InChI is InChI=1S/C19H32N6O2/c1-16-21-8-10-23(16)9-4-3-7-22-19(20-2)25-13-11-24(12-14-25)18(26)17-6-5-15-27-17/h8,10,17H,3-7,9,11-15H2,1-2H3,(H,20,22). The van der Waals surface area contributed by atoms with E-state index in [4.69, 9.17) is 4.74 Å². The molecule has 150 valence electrons. The molecule has 8 nitrogen and oxygen atoms in total. The Morgan fingerprint density at radius 2 is 2.07 bits per heavy atom. The minimum atomic E-state index is -0.215. The number of carbonyl (C=O) groups is 1. The fourth-order valence-corrected chi connectivity index (χ4v) is 3.69. The summed E-state index contributed by atoms with van der Waals surface area (Å²) >= 11 is 0. The van der Waals surface area contributed by atoms with Gasteiger partial charge >= 0.3 is 0 Å². The van der Waals surface area contributed by atoms with Gasteiger partial charge in [0.1, 0.15) is 11.9 Å². The molecule has 1 aromatic rings. The Balaban J connectivity index is 1.35. The van der Waals surface area contributed by atoms with Gasteiger partial charge < -0.3 is 24.4 Å². The number of ether oxygens (including phenoxy) is 1. The number of piperazine rings is 1. The second kappa shape index (κ2) is 9.73. The largest absolute Gasteiger partial charge is 0.368 e. The van der Waals surface area contributed by atoms with Gasteiger partial charge in [-0.15, -0.1) is 0 Å². The minimum absolute atomic E-state index is 0.157. The fourth-order valence-electron chi connectivity index (χ4n) is 3.69. The minimum Gasteiger partial charge on any atom is -0.368 e. The third-order valence-corrected chi connectivity index (χ3v) is 5.34. The Morgan fingerprint density at radius 1 is 1.30 bits per heavy atom. The highest BCUT2D eigenvalue weighted by atomic mass is 16.5. The maximum atomic E-state index is 12.4. The number of guanidine groups is 1. The van der Waals surface area contributed by atoms with Crippen molar-refractivity contribution in [2.45, 2.75) is 45.3 Å². The molecule has 2 aliphatic heterocycles. The number of amides is 1. The van der Waals surface area contributed by atoms with Gasteiger partial charge in [-0.1, -0.05) is 0 Å². The first-order valence-corrected chi connectivity index (χ1v) is 10.0. The number of aliphatic imine (C=N–C) groups is 1. The molecule has 0 aromatic carbocycles. The Hall–Kier alpha value is -2.09. The molecular weight excluding hydrogens is 344 g/mol. The van der Waals surface area contributed by atoms with Crippen LogP contribution in [-0.2, 0) is 16.1 Å². The second-order valence-electron chi connectivity index (χ2n) is 7.16. The van der Waals surface area contributed by atoms with E-state index in [2.05, 4.69) is 24.8 Å². The molecule has 1 aromatic heterocycles. The van der Waals surface area contributed by atoms with Gasteiger partial charge in [-0.2, -0.15) is 0 Å². The van der Waals surface area contributed by atoms with Crippen LogP contribution in [0.25, 0.3) is 0 Å². The van der Waals surface area contributed by atoms with E-state index >= 15 is 0 Å². The number of hydrogen-bond acceptors (Lipinski definition) is 4. The van der Waals surface area contributed by atoms with Gasteiger partial charge in [-0.05, 0) is 32.6 Å². The number of nitrogens with zero attached hydrogens (tertiary/aromatic N) is 5. The number of aryl methyl sites for hydroxylation is 2. The maximum Gasteiger partial charge on any atom is 0.251 e. The van der Waals surface area contributed by atoms with E-state index in [-0.39, 0.29) is 12.0 Å². The quantitative estimate of drug-likeness (QED) is 0.453. The SMILES string of the molecule is CN=C(NCCCCn1ccnc1C)N1CCN(C(=O)C2CCCO2)CC1. The van der Waals surface area contributed by atoms with Gasteiger partial charge in [0, 0.05) is 65.3 Å². The van der Waals surface area contributed by atoms with Gasteiger partial charge in [0.25, 0.3) is 5.91 Å². The highest BCUT2D eigenvalue weighted by Gasteiger charge is 2.30. The van der Waals surface area contributed by atoms with Gasteiger partial charge in [-0.3, -0.25) is 9.79 Å². The fraction of sp³-hybridized carbons (Fsp3) is 0.737. The lowest BCUT2D eigenvalue weighted by molar-refractivity contribution is -0.142. The van der Waals surface area contributed by atoms with Gasteiger partial charge in [0.15, 0.2) is 5.96 Å². The maximum absolute atomic E-state index is 12.4. The first-order valence-electron chi connectivity index (χ1n) is 10.0. The highest BCUT2D eigenvalue weighted by molar-refractivity contribution is 5.82. The lowest BCUT2D eigenvalue weighted by Crippen LogP contribution is -2.55. The van der Waals surface area contributed by atoms with Crippen LogP contribution in [-0.4, -0.2) is 83.7 Å². The predicted molar refractivity (Wildman–Crippen MR) is 105 cm³/mol. The Morgan fingerprint density at radius 3 is 2.70 bits per heavy atom. The number of unbranched alkanes of at least 4 members (excludes halogenated alkanes) is 1. The second-order valence-corrected chi connectivity index (χ2v) is 7.16. The van der Waals surface area contributed by atoms with Crippen molar-refractivity contribution in [2.75, 3.05) is 46.4 Å². The van der Waals surface area contributed by atoms with E-state index in [9.17, 15) is 4.79 Å². The molecule has 3 rings (SSSR count). The predicted octanol–water partition coefficient (Wildman–Crippen LogP) is 0.870. The van der Waals surface area contributed by atoms with Crippen LogP contribution < -0.4 is 5.32 Å². The summed E-state index contributed by atoms with van der Waals surface area (Å²) in [5.74, 6) is 2.15. The molecule has 1 amide bonds. The summed E-state index contributed by atoms with van der Waals surface area (Å²) < 4.78 is 7.71. The molecule has 0 bridgehead atoms. The summed E-state index contributed by atoms with van der Waals surface area (Å²) in [6.07, 6.45) is 7.69. The van der Waals surface area contributed by atoms with Crippen LogP contribution in [0, 0.1) is 6.92 Å². The Kier molecular flexibility index (Phi) is 7.09. The van der Waals surface area contributed by atoms with E-state index in [1.165, 1.54) is 0 Å². The highest BCUT2D eigenvalue weighted by Crippen LogP contribution is 2.16. The molecule has 8 heteroatoms. The van der Waals surface area contributed by atoms with Gasteiger partial charge in [0.2, 0.25) is 0 Å². The lowest BCUT2D eigenvalue weighted by atomic mass is 10.2. The molecule has 1 atom stereocenters. The summed E-state index contributed by atoms with van der Waals surface area (Å²) in [5, 5.41) is 3.46. The Bertz CT molecular complexity index is 630. The summed E-state index contributed by atoms with van der Waals surface area (Å²) in [7, 11) is 1.82. The van der Waals surface area contributed by atoms with Crippen molar-refractivity contribution in [1.82, 2.24) is 24.7 Å². The molecule has 1 unspecified atom stereocenters. The lowest BCUT2D eigenvalue weighted by Gasteiger charge is -2.37. The molecule has 0 radical (unpaired) electrons. The first-order chi connectivity index (χ1) is 13.2. The molecule has 0 aliphatic carbocycles. The number of imidazole rings is 1. The summed E-state index contributed by atoms with van der Waals surface area (Å²) in [4.78, 5) is 25.3. The summed E-state index contributed by atoms with van der Waals surface area (Å²) in [6.45, 7) is 7.74. The molecule has 2 saturated heterocycles. The summed E-state index contributed by atoms with van der Waals surface area (Å²) in [6, 6.07) is 0. The third kappa shape index (κ3) is 5.22. The molecule has 3 heterocycles. The topological polar surface area (TPSA) is 75.0 Å². The zero-order valence-corrected chi connectivity index (χ0v) is 16.6. The van der Waals surface area contributed by atoms with E-state index in [1.54, 1.807) is 0 Å². The molecule has 1 N–H and O–H groups in total. The number of nitrogens with one attached hydrogen (secondary N) is 1.